The lowest BCUT2D eigenvalue weighted by Gasteiger charge is -2.16. The molecule has 0 aliphatic heterocycles. The maximum Gasteiger partial charge on any atom is 0.242 e. The summed E-state index contributed by atoms with van der Waals surface area (Å²) in [5, 5.41) is 0. The highest BCUT2D eigenvalue weighted by Crippen LogP contribution is 2.19. The summed E-state index contributed by atoms with van der Waals surface area (Å²) >= 11 is 0. The van der Waals surface area contributed by atoms with E-state index >= 15 is 0 Å². The Morgan fingerprint density at radius 2 is 2.14 bits per heavy atom. The second kappa shape index (κ2) is 6.91. The lowest BCUT2D eigenvalue weighted by Crippen LogP contribution is -2.31. The number of rotatable bonds is 7. The first-order chi connectivity index (χ1) is 10.4. The van der Waals surface area contributed by atoms with Crippen molar-refractivity contribution in [3.8, 4) is 0 Å². The van der Waals surface area contributed by atoms with Crippen LogP contribution in [0.1, 0.15) is 11.8 Å². The Hall–Kier alpha value is -1.90. The predicted octanol–water partition coefficient (Wildman–Crippen LogP) is 1.41. The van der Waals surface area contributed by atoms with E-state index in [0.29, 0.717) is 11.6 Å². The van der Waals surface area contributed by atoms with E-state index in [2.05, 4.69) is 9.71 Å². The Kier molecular flexibility index (Phi) is 5.17. The molecular weight excluding hydrogens is 306 g/mol. The highest BCUT2D eigenvalue weighted by atomic mass is 32.2. The minimum atomic E-state index is -3.72. The maximum atomic E-state index is 12.4. The van der Waals surface area contributed by atoms with Crippen molar-refractivity contribution >= 4 is 15.8 Å². The number of hydrogen-bond acceptors (Lipinski definition) is 6. The summed E-state index contributed by atoms with van der Waals surface area (Å²) in [5.74, 6) is 1.17. The molecule has 0 saturated carbocycles. The molecule has 2 rings (SSSR count). The van der Waals surface area contributed by atoms with Crippen LogP contribution in [0.4, 0.5) is 5.82 Å². The number of pyridine rings is 1. The summed E-state index contributed by atoms with van der Waals surface area (Å²) in [6.45, 7) is 0.163. The quantitative estimate of drug-likeness (QED) is 0.828. The minimum absolute atomic E-state index is 0.0887. The summed E-state index contributed by atoms with van der Waals surface area (Å²) in [5.41, 5.74) is 0. The van der Waals surface area contributed by atoms with Crippen molar-refractivity contribution in [3.05, 3.63) is 42.5 Å². The van der Waals surface area contributed by atoms with E-state index in [9.17, 15) is 8.42 Å². The van der Waals surface area contributed by atoms with E-state index in [0.717, 1.165) is 0 Å². The summed E-state index contributed by atoms with van der Waals surface area (Å²) in [7, 11) is 1.44. The van der Waals surface area contributed by atoms with Crippen LogP contribution in [0.2, 0.25) is 0 Å². The summed E-state index contributed by atoms with van der Waals surface area (Å²) in [4.78, 5) is 5.99. The molecule has 0 amide bonds. The molecule has 0 aromatic carbocycles. The van der Waals surface area contributed by atoms with Gasteiger partial charge in [-0.15, -0.1) is 0 Å². The van der Waals surface area contributed by atoms with Crippen LogP contribution in [-0.2, 0) is 14.8 Å². The molecule has 120 valence electrons. The molecule has 1 N–H and O–H groups in total. The lowest BCUT2D eigenvalue weighted by atomic mass is 10.2. The number of sulfonamides is 1. The van der Waals surface area contributed by atoms with Gasteiger partial charge in [0.15, 0.2) is 0 Å². The van der Waals surface area contributed by atoms with Crippen molar-refractivity contribution in [2.45, 2.75) is 10.9 Å². The van der Waals surface area contributed by atoms with Gasteiger partial charge in [-0.3, -0.25) is 0 Å². The number of methoxy groups -OCH3 is 1. The van der Waals surface area contributed by atoms with Crippen LogP contribution in [-0.4, -0.2) is 41.2 Å². The third-order valence-corrected chi connectivity index (χ3v) is 4.46. The van der Waals surface area contributed by atoms with Crippen LogP contribution in [0.5, 0.6) is 0 Å². The van der Waals surface area contributed by atoms with Crippen molar-refractivity contribution < 1.29 is 17.6 Å². The van der Waals surface area contributed by atoms with Crippen LogP contribution in [0.15, 0.2) is 46.0 Å². The molecule has 0 aliphatic rings. The predicted molar refractivity (Wildman–Crippen MR) is 82.2 cm³/mol. The van der Waals surface area contributed by atoms with E-state index < -0.39 is 16.1 Å². The number of aromatic nitrogens is 1. The molecule has 0 radical (unpaired) electrons. The SMILES string of the molecule is COCC(NS(=O)(=O)c1ccc(N(C)C)nc1)c1ccco1. The first kappa shape index (κ1) is 16.5. The molecule has 2 aromatic heterocycles. The van der Waals surface area contributed by atoms with E-state index in [4.69, 9.17) is 9.15 Å². The van der Waals surface area contributed by atoms with E-state index in [1.807, 2.05) is 14.1 Å². The zero-order valence-corrected chi connectivity index (χ0v) is 13.5. The molecular formula is C14H19N3O4S. The molecule has 22 heavy (non-hydrogen) atoms. The number of nitrogens with one attached hydrogen (secondary N) is 1. The van der Waals surface area contributed by atoms with Crippen LogP contribution < -0.4 is 9.62 Å². The Balaban J connectivity index is 2.21. The second-order valence-electron chi connectivity index (χ2n) is 4.89. The van der Waals surface area contributed by atoms with Gasteiger partial charge < -0.3 is 14.1 Å². The monoisotopic (exact) mass is 325 g/mol. The molecule has 1 unspecified atom stereocenters. The minimum Gasteiger partial charge on any atom is -0.468 e. The smallest absolute Gasteiger partial charge is 0.242 e. The summed E-state index contributed by atoms with van der Waals surface area (Å²) in [6.07, 6.45) is 2.81. The van der Waals surface area contributed by atoms with Crippen LogP contribution >= 0.6 is 0 Å². The van der Waals surface area contributed by atoms with Crippen LogP contribution in [0.3, 0.4) is 0 Å². The highest BCUT2D eigenvalue weighted by Gasteiger charge is 2.23. The second-order valence-corrected chi connectivity index (χ2v) is 6.61. The average molecular weight is 325 g/mol. The van der Waals surface area contributed by atoms with Crippen LogP contribution in [0, 0.1) is 0 Å². The Morgan fingerprint density at radius 3 is 2.64 bits per heavy atom. The van der Waals surface area contributed by atoms with E-state index in [1.54, 1.807) is 23.1 Å². The fourth-order valence-corrected chi connectivity index (χ4v) is 3.02. The topological polar surface area (TPSA) is 84.7 Å². The molecule has 0 fully saturated rings. The van der Waals surface area contributed by atoms with Gasteiger partial charge in [0.25, 0.3) is 0 Å². The van der Waals surface area contributed by atoms with E-state index in [-0.39, 0.29) is 11.5 Å². The molecule has 0 bridgehead atoms. The largest absolute Gasteiger partial charge is 0.468 e. The van der Waals surface area contributed by atoms with Gasteiger partial charge in [0.1, 0.15) is 22.5 Å². The van der Waals surface area contributed by atoms with Gasteiger partial charge in [-0.1, -0.05) is 0 Å². The third kappa shape index (κ3) is 3.85. The van der Waals surface area contributed by atoms with Crippen molar-refractivity contribution in [2.24, 2.45) is 0 Å². The maximum absolute atomic E-state index is 12.4. The molecule has 0 saturated heterocycles. The molecule has 1 atom stereocenters. The van der Waals surface area contributed by atoms with Crippen molar-refractivity contribution in [1.82, 2.24) is 9.71 Å². The summed E-state index contributed by atoms with van der Waals surface area (Å²) < 4.78 is 37.7. The van der Waals surface area contributed by atoms with Gasteiger partial charge in [-0.2, -0.15) is 4.72 Å². The zero-order chi connectivity index (χ0) is 16.2. The first-order valence-electron chi connectivity index (χ1n) is 6.62. The molecule has 0 spiro atoms. The molecule has 2 aromatic rings. The van der Waals surface area contributed by atoms with E-state index in [1.165, 1.54) is 25.6 Å². The molecule has 0 aliphatic carbocycles. The van der Waals surface area contributed by atoms with Gasteiger partial charge >= 0.3 is 0 Å². The molecule has 8 heteroatoms. The Bertz CT molecular complexity index is 681. The van der Waals surface area contributed by atoms with Crippen molar-refractivity contribution in [2.75, 3.05) is 32.7 Å². The number of hydrogen-bond donors (Lipinski definition) is 1. The number of furan rings is 1. The van der Waals surface area contributed by atoms with Gasteiger partial charge in [0.05, 0.1) is 12.9 Å². The van der Waals surface area contributed by atoms with Gasteiger partial charge in [-0.25, -0.2) is 13.4 Å². The third-order valence-electron chi connectivity index (χ3n) is 3.01. The lowest BCUT2D eigenvalue weighted by molar-refractivity contribution is 0.166. The van der Waals surface area contributed by atoms with Crippen molar-refractivity contribution in [3.63, 3.8) is 0 Å². The van der Waals surface area contributed by atoms with Crippen LogP contribution in [0.25, 0.3) is 0 Å². The van der Waals surface area contributed by atoms with Crippen molar-refractivity contribution in [1.29, 1.82) is 0 Å². The van der Waals surface area contributed by atoms with Gasteiger partial charge in [0.2, 0.25) is 10.0 Å². The summed E-state index contributed by atoms with van der Waals surface area (Å²) in [6, 6.07) is 5.95. The molecule has 2 heterocycles. The number of nitrogens with zero attached hydrogens (tertiary/aromatic N) is 2. The highest BCUT2D eigenvalue weighted by molar-refractivity contribution is 7.89. The number of anilines is 1. The Morgan fingerprint density at radius 1 is 1.36 bits per heavy atom. The van der Waals surface area contributed by atoms with Gasteiger partial charge in [0, 0.05) is 27.4 Å². The average Bonchev–Trinajstić information content (AvgIpc) is 3.01. The Labute approximate surface area is 130 Å². The first-order valence-corrected chi connectivity index (χ1v) is 8.10. The molecule has 7 nitrogen and oxygen atoms in total. The fraction of sp³-hybridized carbons (Fsp3) is 0.357. The number of ether oxygens (including phenoxy) is 1. The zero-order valence-electron chi connectivity index (χ0n) is 12.7. The standard InChI is InChI=1S/C14H19N3O4S/c1-17(2)14-7-6-11(9-15-14)22(18,19)16-12(10-20-3)13-5-4-8-21-13/h4-9,12,16H,10H2,1-3H3. The fourth-order valence-electron chi connectivity index (χ4n) is 1.88. The normalized spacial score (nSPS) is 13.0. The van der Waals surface area contributed by atoms with Gasteiger partial charge in [-0.05, 0) is 24.3 Å².